The first-order chi connectivity index (χ1) is 8.47. The predicted molar refractivity (Wildman–Crippen MR) is 67.6 cm³/mol. The second-order valence-electron chi connectivity index (χ2n) is 4.55. The fourth-order valence-electron chi connectivity index (χ4n) is 1.63. The highest BCUT2D eigenvalue weighted by molar-refractivity contribution is 5.80. The van der Waals surface area contributed by atoms with Crippen LogP contribution < -0.4 is 5.32 Å². The number of hydrogen-bond donors (Lipinski definition) is 1. The SMILES string of the molecule is CC(F)(F)CCCC(=O)CNCc1ccccc1. The van der Waals surface area contributed by atoms with Gasteiger partial charge in [-0.15, -0.1) is 0 Å². The molecule has 1 aromatic carbocycles. The van der Waals surface area contributed by atoms with Gasteiger partial charge in [-0.3, -0.25) is 4.79 Å². The molecule has 0 amide bonds. The van der Waals surface area contributed by atoms with Gasteiger partial charge in [-0.25, -0.2) is 8.78 Å². The Bertz CT molecular complexity index is 360. The van der Waals surface area contributed by atoms with Gasteiger partial charge >= 0.3 is 0 Å². The number of carbonyl (C=O) groups is 1. The molecule has 0 aliphatic heterocycles. The maximum atomic E-state index is 12.5. The van der Waals surface area contributed by atoms with Crippen LogP contribution in [0.15, 0.2) is 30.3 Å². The zero-order valence-corrected chi connectivity index (χ0v) is 10.6. The standard InChI is InChI=1S/C14H19F2NO/c1-14(15,16)9-5-8-13(18)11-17-10-12-6-3-2-4-7-12/h2-4,6-7,17H,5,8-11H2,1H3. The van der Waals surface area contributed by atoms with Crippen LogP contribution in [-0.4, -0.2) is 18.3 Å². The summed E-state index contributed by atoms with van der Waals surface area (Å²) in [7, 11) is 0. The van der Waals surface area contributed by atoms with E-state index in [-0.39, 0.29) is 31.6 Å². The lowest BCUT2D eigenvalue weighted by molar-refractivity contribution is -0.118. The molecule has 18 heavy (non-hydrogen) atoms. The minimum Gasteiger partial charge on any atom is -0.306 e. The van der Waals surface area contributed by atoms with E-state index in [1.165, 1.54) is 0 Å². The van der Waals surface area contributed by atoms with Crippen LogP contribution in [0, 0.1) is 0 Å². The normalized spacial score (nSPS) is 11.5. The topological polar surface area (TPSA) is 29.1 Å². The van der Waals surface area contributed by atoms with Crippen LogP contribution in [0.4, 0.5) is 8.78 Å². The lowest BCUT2D eigenvalue weighted by Gasteiger charge is -2.09. The number of hydrogen-bond acceptors (Lipinski definition) is 2. The fourth-order valence-corrected chi connectivity index (χ4v) is 1.63. The molecule has 0 spiro atoms. The molecule has 0 aliphatic rings. The van der Waals surface area contributed by atoms with Crippen LogP contribution in [-0.2, 0) is 11.3 Å². The van der Waals surface area contributed by atoms with Gasteiger partial charge in [-0.1, -0.05) is 30.3 Å². The third kappa shape index (κ3) is 7.12. The zero-order chi connectivity index (χ0) is 13.4. The summed E-state index contributed by atoms with van der Waals surface area (Å²) in [5.41, 5.74) is 1.10. The highest BCUT2D eigenvalue weighted by Gasteiger charge is 2.20. The Morgan fingerprint density at radius 3 is 2.56 bits per heavy atom. The number of Topliss-reactive ketones (excluding diaryl/α,β-unsaturated/α-hetero) is 1. The highest BCUT2D eigenvalue weighted by atomic mass is 19.3. The first-order valence-electron chi connectivity index (χ1n) is 6.11. The van der Waals surface area contributed by atoms with Crippen molar-refractivity contribution in [3.05, 3.63) is 35.9 Å². The summed E-state index contributed by atoms with van der Waals surface area (Å²) in [4.78, 5) is 11.4. The first kappa shape index (κ1) is 14.8. The Labute approximate surface area is 106 Å². The molecule has 0 fully saturated rings. The van der Waals surface area contributed by atoms with Crippen molar-refractivity contribution < 1.29 is 13.6 Å². The monoisotopic (exact) mass is 255 g/mol. The van der Waals surface area contributed by atoms with Gasteiger partial charge in [-0.2, -0.15) is 0 Å². The molecule has 100 valence electrons. The predicted octanol–water partition coefficient (Wildman–Crippen LogP) is 3.17. The number of halogens is 2. The van der Waals surface area contributed by atoms with Crippen LogP contribution in [0.3, 0.4) is 0 Å². The van der Waals surface area contributed by atoms with E-state index in [2.05, 4.69) is 5.32 Å². The molecule has 0 radical (unpaired) electrons. The van der Waals surface area contributed by atoms with Crippen molar-refractivity contribution in [3.8, 4) is 0 Å². The second kappa shape index (κ2) is 7.21. The van der Waals surface area contributed by atoms with Crippen molar-refractivity contribution in [2.75, 3.05) is 6.54 Å². The van der Waals surface area contributed by atoms with Crippen molar-refractivity contribution >= 4 is 5.78 Å². The van der Waals surface area contributed by atoms with E-state index in [1.54, 1.807) is 0 Å². The van der Waals surface area contributed by atoms with E-state index in [1.807, 2.05) is 30.3 Å². The van der Waals surface area contributed by atoms with E-state index >= 15 is 0 Å². The molecule has 0 atom stereocenters. The molecular formula is C14H19F2NO. The molecule has 0 saturated heterocycles. The van der Waals surface area contributed by atoms with Crippen molar-refractivity contribution in [2.45, 2.75) is 38.7 Å². The summed E-state index contributed by atoms with van der Waals surface area (Å²) in [6.45, 7) is 1.74. The molecule has 0 saturated carbocycles. The summed E-state index contributed by atoms with van der Waals surface area (Å²) in [6.07, 6.45) is 0.234. The minimum atomic E-state index is -2.67. The maximum Gasteiger partial charge on any atom is 0.245 e. The van der Waals surface area contributed by atoms with Gasteiger partial charge in [0, 0.05) is 19.4 Å². The van der Waals surface area contributed by atoms with Gasteiger partial charge < -0.3 is 5.32 Å². The van der Waals surface area contributed by atoms with E-state index < -0.39 is 5.92 Å². The Balaban J connectivity index is 2.11. The van der Waals surface area contributed by atoms with E-state index in [9.17, 15) is 13.6 Å². The summed E-state index contributed by atoms with van der Waals surface area (Å²) >= 11 is 0. The Morgan fingerprint density at radius 2 is 1.94 bits per heavy atom. The second-order valence-corrected chi connectivity index (χ2v) is 4.55. The van der Waals surface area contributed by atoms with Gasteiger partial charge in [-0.05, 0) is 18.9 Å². The molecular weight excluding hydrogens is 236 g/mol. The molecule has 0 aromatic heterocycles. The molecule has 0 bridgehead atoms. The highest BCUT2D eigenvalue weighted by Crippen LogP contribution is 2.19. The van der Waals surface area contributed by atoms with Gasteiger partial charge in [0.15, 0.2) is 0 Å². The van der Waals surface area contributed by atoms with Crippen molar-refractivity contribution in [1.29, 1.82) is 0 Å². The molecule has 1 rings (SSSR count). The summed E-state index contributed by atoms with van der Waals surface area (Å²) in [6, 6.07) is 9.73. The van der Waals surface area contributed by atoms with E-state index in [4.69, 9.17) is 0 Å². The molecule has 0 unspecified atom stereocenters. The van der Waals surface area contributed by atoms with Crippen molar-refractivity contribution in [3.63, 3.8) is 0 Å². The number of ketones is 1. The number of nitrogens with one attached hydrogen (secondary N) is 1. The Kier molecular flexibility index (Phi) is 5.92. The number of carbonyl (C=O) groups excluding carboxylic acids is 1. The van der Waals surface area contributed by atoms with Gasteiger partial charge in [0.2, 0.25) is 5.92 Å². The van der Waals surface area contributed by atoms with E-state index in [0.29, 0.717) is 6.54 Å². The maximum absolute atomic E-state index is 12.5. The number of alkyl halides is 2. The average molecular weight is 255 g/mol. The van der Waals surface area contributed by atoms with Crippen LogP contribution in [0.2, 0.25) is 0 Å². The summed E-state index contributed by atoms with van der Waals surface area (Å²) in [5, 5.41) is 3.01. The summed E-state index contributed by atoms with van der Waals surface area (Å²) < 4.78 is 25.0. The smallest absolute Gasteiger partial charge is 0.245 e. The molecule has 4 heteroatoms. The van der Waals surface area contributed by atoms with Crippen molar-refractivity contribution in [2.24, 2.45) is 0 Å². The fraction of sp³-hybridized carbons (Fsp3) is 0.500. The largest absolute Gasteiger partial charge is 0.306 e. The Morgan fingerprint density at radius 1 is 1.28 bits per heavy atom. The molecule has 0 aliphatic carbocycles. The van der Waals surface area contributed by atoms with Gasteiger partial charge in [0.05, 0.1) is 6.54 Å². The van der Waals surface area contributed by atoms with Crippen LogP contribution in [0.25, 0.3) is 0 Å². The van der Waals surface area contributed by atoms with Crippen LogP contribution >= 0.6 is 0 Å². The van der Waals surface area contributed by atoms with Crippen molar-refractivity contribution in [1.82, 2.24) is 5.32 Å². The molecule has 0 heterocycles. The van der Waals surface area contributed by atoms with Gasteiger partial charge in [0.1, 0.15) is 5.78 Å². The molecule has 1 aromatic rings. The summed E-state index contributed by atoms with van der Waals surface area (Å²) in [5.74, 6) is -2.69. The average Bonchev–Trinajstić information content (AvgIpc) is 2.28. The van der Waals surface area contributed by atoms with Gasteiger partial charge in [0.25, 0.3) is 0 Å². The lowest BCUT2D eigenvalue weighted by atomic mass is 10.1. The Hall–Kier alpha value is -1.29. The quantitative estimate of drug-likeness (QED) is 0.773. The van der Waals surface area contributed by atoms with Crippen LogP contribution in [0.5, 0.6) is 0 Å². The minimum absolute atomic E-state index is 0.0184. The number of benzene rings is 1. The zero-order valence-electron chi connectivity index (χ0n) is 10.6. The lowest BCUT2D eigenvalue weighted by Crippen LogP contribution is -2.22. The third-order valence-electron chi connectivity index (χ3n) is 2.57. The third-order valence-corrected chi connectivity index (χ3v) is 2.57. The molecule has 2 nitrogen and oxygen atoms in total. The first-order valence-corrected chi connectivity index (χ1v) is 6.11. The van der Waals surface area contributed by atoms with Crippen LogP contribution in [0.1, 0.15) is 31.7 Å². The number of rotatable bonds is 8. The molecule has 1 N–H and O–H groups in total. The van der Waals surface area contributed by atoms with E-state index in [0.717, 1.165) is 12.5 Å².